The second-order valence-electron chi connectivity index (χ2n) is 3.13. The topological polar surface area (TPSA) is 84.9 Å². The Morgan fingerprint density at radius 2 is 2.13 bits per heavy atom. The summed E-state index contributed by atoms with van der Waals surface area (Å²) in [6, 6.07) is 0. The molecule has 0 aliphatic rings. The molecule has 3 rings (SSSR count). The molecule has 0 saturated heterocycles. The van der Waals surface area contributed by atoms with Crippen LogP contribution in [0.4, 0.5) is 5.95 Å². The van der Waals surface area contributed by atoms with E-state index >= 15 is 0 Å². The van der Waals surface area contributed by atoms with Gasteiger partial charge in [0.25, 0.3) is 0 Å². The van der Waals surface area contributed by atoms with Crippen LogP contribution >= 0.6 is 0 Å². The Morgan fingerprint density at radius 3 is 2.93 bits per heavy atom. The van der Waals surface area contributed by atoms with Crippen molar-refractivity contribution in [3.8, 4) is 11.4 Å². The van der Waals surface area contributed by atoms with Crippen molar-refractivity contribution in [1.82, 2.24) is 24.3 Å². The van der Waals surface area contributed by atoms with Crippen LogP contribution in [0.25, 0.3) is 17.0 Å². The fraction of sp³-hybridized carbons (Fsp3) is 0. The summed E-state index contributed by atoms with van der Waals surface area (Å²) < 4.78 is 1.92. The van der Waals surface area contributed by atoms with E-state index in [9.17, 15) is 0 Å². The van der Waals surface area contributed by atoms with E-state index in [1.54, 1.807) is 24.8 Å². The summed E-state index contributed by atoms with van der Waals surface area (Å²) in [6.45, 7) is 0. The normalized spacial score (nSPS) is 10.9. The van der Waals surface area contributed by atoms with Gasteiger partial charge in [-0.25, -0.2) is 9.97 Å². The number of hydrogen-bond acceptors (Lipinski definition) is 4. The van der Waals surface area contributed by atoms with E-state index in [4.69, 9.17) is 5.73 Å². The number of nitrogens with zero attached hydrogens (tertiary/aromatic N) is 4. The molecule has 0 saturated carbocycles. The first-order chi connectivity index (χ1) is 7.34. The summed E-state index contributed by atoms with van der Waals surface area (Å²) in [4.78, 5) is 15.1. The molecular weight excluding hydrogens is 192 g/mol. The fourth-order valence-corrected chi connectivity index (χ4v) is 1.51. The number of nitrogens with two attached hydrogens (primary N) is 1. The van der Waals surface area contributed by atoms with Crippen molar-refractivity contribution in [2.75, 3.05) is 5.73 Å². The SMILES string of the molecule is Nc1ncc(-c2cnc3cnccn23)[nH]1. The Bertz CT molecular complexity index is 608. The largest absolute Gasteiger partial charge is 0.369 e. The molecule has 3 heterocycles. The molecule has 3 N–H and O–H groups in total. The van der Waals surface area contributed by atoms with E-state index in [0.717, 1.165) is 17.0 Å². The highest BCUT2D eigenvalue weighted by atomic mass is 15.1. The lowest BCUT2D eigenvalue weighted by Gasteiger charge is -1.96. The Labute approximate surface area is 84.8 Å². The number of rotatable bonds is 1. The average Bonchev–Trinajstić information content (AvgIpc) is 2.83. The molecule has 0 aliphatic carbocycles. The van der Waals surface area contributed by atoms with Gasteiger partial charge in [-0.3, -0.25) is 9.38 Å². The quantitative estimate of drug-likeness (QED) is 0.605. The lowest BCUT2D eigenvalue weighted by Crippen LogP contribution is -1.89. The molecule has 0 aromatic carbocycles. The second kappa shape index (κ2) is 2.81. The number of H-pyrrole nitrogens is 1. The summed E-state index contributed by atoms with van der Waals surface area (Å²) in [7, 11) is 0. The van der Waals surface area contributed by atoms with Crippen LogP contribution < -0.4 is 5.73 Å². The summed E-state index contributed by atoms with van der Waals surface area (Å²) in [6.07, 6.45) is 8.68. The smallest absolute Gasteiger partial charge is 0.197 e. The van der Waals surface area contributed by atoms with Crippen LogP contribution in [0.5, 0.6) is 0 Å². The van der Waals surface area contributed by atoms with Gasteiger partial charge in [-0.2, -0.15) is 0 Å². The van der Waals surface area contributed by atoms with E-state index < -0.39 is 0 Å². The van der Waals surface area contributed by atoms with Crippen LogP contribution in [0.15, 0.2) is 31.0 Å². The number of imidazole rings is 2. The van der Waals surface area contributed by atoms with Crippen LogP contribution in [-0.4, -0.2) is 24.3 Å². The first-order valence-corrected chi connectivity index (χ1v) is 4.42. The van der Waals surface area contributed by atoms with E-state index in [1.165, 1.54) is 0 Å². The van der Waals surface area contributed by atoms with Crippen LogP contribution in [0.2, 0.25) is 0 Å². The second-order valence-corrected chi connectivity index (χ2v) is 3.13. The number of aromatic amines is 1. The van der Waals surface area contributed by atoms with Crippen molar-refractivity contribution in [1.29, 1.82) is 0 Å². The molecule has 0 radical (unpaired) electrons. The molecule has 0 fully saturated rings. The van der Waals surface area contributed by atoms with Gasteiger partial charge >= 0.3 is 0 Å². The molecule has 0 amide bonds. The number of aromatic nitrogens is 5. The number of fused-ring (bicyclic) bond motifs is 1. The Balaban J connectivity index is 2.27. The zero-order chi connectivity index (χ0) is 10.3. The zero-order valence-electron chi connectivity index (χ0n) is 7.75. The van der Waals surface area contributed by atoms with Crippen LogP contribution in [-0.2, 0) is 0 Å². The highest BCUT2D eigenvalue weighted by molar-refractivity contribution is 5.60. The third-order valence-corrected chi connectivity index (χ3v) is 2.19. The molecule has 15 heavy (non-hydrogen) atoms. The maximum Gasteiger partial charge on any atom is 0.197 e. The summed E-state index contributed by atoms with van der Waals surface area (Å²) in [5.41, 5.74) is 8.06. The van der Waals surface area contributed by atoms with Crippen molar-refractivity contribution >= 4 is 11.6 Å². The predicted molar refractivity (Wildman–Crippen MR) is 55.0 cm³/mol. The lowest BCUT2D eigenvalue weighted by molar-refractivity contribution is 1.12. The number of nitrogens with one attached hydrogen (secondary N) is 1. The van der Waals surface area contributed by atoms with Gasteiger partial charge in [0.05, 0.1) is 30.0 Å². The molecular formula is C9H8N6. The monoisotopic (exact) mass is 200 g/mol. The van der Waals surface area contributed by atoms with Gasteiger partial charge in [0, 0.05) is 12.4 Å². The number of hydrogen-bond donors (Lipinski definition) is 2. The highest BCUT2D eigenvalue weighted by Gasteiger charge is 2.07. The first kappa shape index (κ1) is 7.98. The standard InChI is InChI=1S/C9H8N6/c10-9-13-3-6(14-9)7-4-12-8-5-11-1-2-15(7)8/h1-5H,(H3,10,13,14). The van der Waals surface area contributed by atoms with Gasteiger partial charge in [-0.05, 0) is 0 Å². The minimum atomic E-state index is 0.397. The molecule has 0 unspecified atom stereocenters. The molecule has 0 atom stereocenters. The fourth-order valence-electron chi connectivity index (χ4n) is 1.51. The molecule has 6 heteroatoms. The van der Waals surface area contributed by atoms with Gasteiger partial charge < -0.3 is 10.7 Å². The van der Waals surface area contributed by atoms with Gasteiger partial charge in [-0.1, -0.05) is 0 Å². The Hall–Kier alpha value is -2.37. The van der Waals surface area contributed by atoms with Crippen molar-refractivity contribution in [2.45, 2.75) is 0 Å². The van der Waals surface area contributed by atoms with E-state index in [0.29, 0.717) is 5.95 Å². The van der Waals surface area contributed by atoms with E-state index in [1.807, 2.05) is 10.6 Å². The Morgan fingerprint density at radius 1 is 1.20 bits per heavy atom. The summed E-state index contributed by atoms with van der Waals surface area (Å²) >= 11 is 0. The molecule has 3 aromatic rings. The molecule has 74 valence electrons. The van der Waals surface area contributed by atoms with E-state index in [-0.39, 0.29) is 0 Å². The predicted octanol–water partition coefficient (Wildman–Crippen LogP) is 0.702. The molecule has 0 spiro atoms. The Kier molecular flexibility index (Phi) is 1.49. The number of anilines is 1. The molecule has 3 aromatic heterocycles. The molecule has 0 bridgehead atoms. The third-order valence-electron chi connectivity index (χ3n) is 2.19. The van der Waals surface area contributed by atoms with Gasteiger partial charge in [0.2, 0.25) is 0 Å². The third kappa shape index (κ3) is 1.15. The van der Waals surface area contributed by atoms with Crippen molar-refractivity contribution in [2.24, 2.45) is 0 Å². The van der Waals surface area contributed by atoms with Crippen molar-refractivity contribution in [3.05, 3.63) is 31.0 Å². The van der Waals surface area contributed by atoms with Gasteiger partial charge in [0.15, 0.2) is 11.6 Å². The summed E-state index contributed by atoms with van der Waals surface area (Å²) in [5.74, 6) is 0.397. The zero-order valence-corrected chi connectivity index (χ0v) is 7.75. The van der Waals surface area contributed by atoms with Crippen molar-refractivity contribution < 1.29 is 0 Å². The molecule has 6 nitrogen and oxygen atoms in total. The van der Waals surface area contributed by atoms with Crippen molar-refractivity contribution in [3.63, 3.8) is 0 Å². The highest BCUT2D eigenvalue weighted by Crippen LogP contribution is 2.18. The first-order valence-electron chi connectivity index (χ1n) is 4.42. The van der Waals surface area contributed by atoms with Crippen LogP contribution in [0.3, 0.4) is 0 Å². The summed E-state index contributed by atoms with van der Waals surface area (Å²) in [5, 5.41) is 0. The van der Waals surface area contributed by atoms with Crippen LogP contribution in [0.1, 0.15) is 0 Å². The van der Waals surface area contributed by atoms with Gasteiger partial charge in [-0.15, -0.1) is 0 Å². The maximum atomic E-state index is 5.52. The molecule has 0 aliphatic heterocycles. The van der Waals surface area contributed by atoms with E-state index in [2.05, 4.69) is 19.9 Å². The minimum absolute atomic E-state index is 0.397. The average molecular weight is 200 g/mol. The number of nitrogen functional groups attached to an aromatic ring is 1. The minimum Gasteiger partial charge on any atom is -0.369 e. The van der Waals surface area contributed by atoms with Gasteiger partial charge in [0.1, 0.15) is 0 Å². The van der Waals surface area contributed by atoms with Crippen LogP contribution in [0, 0.1) is 0 Å². The lowest BCUT2D eigenvalue weighted by atomic mass is 10.3. The maximum absolute atomic E-state index is 5.52.